The van der Waals surface area contributed by atoms with Gasteiger partial charge in [-0.15, -0.1) is 0 Å². The fourth-order valence-corrected chi connectivity index (χ4v) is 3.75. The lowest BCUT2D eigenvalue weighted by atomic mass is 9.85. The number of carbonyl (C=O) groups is 2. The normalized spacial score (nSPS) is 12.0. The van der Waals surface area contributed by atoms with Crippen molar-refractivity contribution >= 4 is 22.8 Å². The highest BCUT2D eigenvalue weighted by molar-refractivity contribution is 6.01. The second-order valence-electron chi connectivity index (χ2n) is 9.33. The summed E-state index contributed by atoms with van der Waals surface area (Å²) in [4.78, 5) is 25.3. The molecule has 4 aromatic rings. The molecule has 3 aromatic carbocycles. The summed E-state index contributed by atoms with van der Waals surface area (Å²) in [6.07, 6.45) is 2.09. The molecule has 0 saturated heterocycles. The summed E-state index contributed by atoms with van der Waals surface area (Å²) in [6, 6.07) is 18.4. The molecule has 1 unspecified atom stereocenters. The van der Waals surface area contributed by atoms with Gasteiger partial charge >= 0.3 is 5.97 Å². The second kappa shape index (κ2) is 10.5. The molecule has 4 N–H and O–H groups in total. The predicted molar refractivity (Wildman–Crippen MR) is 132 cm³/mol. The van der Waals surface area contributed by atoms with Crippen molar-refractivity contribution in [3.05, 3.63) is 107 Å². The number of para-hydroxylation sites is 1. The van der Waals surface area contributed by atoms with E-state index in [1.54, 1.807) is 18.3 Å². The van der Waals surface area contributed by atoms with Crippen LogP contribution in [0.2, 0.25) is 0 Å². The quantitative estimate of drug-likeness (QED) is 0.331. The number of carboxylic acid groups (broad SMARTS) is 1. The van der Waals surface area contributed by atoms with Gasteiger partial charge < -0.3 is 15.8 Å². The number of nitrogens with one attached hydrogen (secondary N) is 1. The molecule has 7 heteroatoms. The van der Waals surface area contributed by atoms with Crippen molar-refractivity contribution in [2.75, 3.05) is 0 Å². The van der Waals surface area contributed by atoms with E-state index < -0.39 is 29.4 Å². The van der Waals surface area contributed by atoms with E-state index in [9.17, 15) is 18.4 Å². The van der Waals surface area contributed by atoms with Crippen LogP contribution in [0.25, 0.3) is 10.9 Å². The van der Waals surface area contributed by atoms with Gasteiger partial charge in [-0.3, -0.25) is 4.79 Å². The minimum Gasteiger partial charge on any atom is -0.478 e. The van der Waals surface area contributed by atoms with E-state index in [0.717, 1.165) is 23.1 Å². The minimum absolute atomic E-state index is 0.0434. The van der Waals surface area contributed by atoms with Gasteiger partial charge in [0.05, 0.1) is 17.0 Å². The number of hydrogen-bond donors (Lipinski definition) is 3. The van der Waals surface area contributed by atoms with E-state index in [0.29, 0.717) is 23.1 Å². The Labute approximate surface area is 202 Å². The number of aromatic amines is 1. The van der Waals surface area contributed by atoms with Gasteiger partial charge in [0.2, 0.25) is 5.91 Å². The molecule has 1 aromatic heterocycles. The molecule has 5 nitrogen and oxygen atoms in total. The summed E-state index contributed by atoms with van der Waals surface area (Å²) in [7, 11) is 0. The maximum Gasteiger partial charge on any atom is 0.337 e. The summed E-state index contributed by atoms with van der Waals surface area (Å²) >= 11 is 0. The maximum atomic E-state index is 13.4. The van der Waals surface area contributed by atoms with Crippen LogP contribution in [0.5, 0.6) is 0 Å². The Morgan fingerprint density at radius 1 is 0.971 bits per heavy atom. The van der Waals surface area contributed by atoms with Crippen molar-refractivity contribution < 1.29 is 23.5 Å². The zero-order chi connectivity index (χ0) is 25.8. The fraction of sp³-hybridized carbons (Fsp3) is 0.214. The zero-order valence-corrected chi connectivity index (χ0v) is 19.8. The Morgan fingerprint density at radius 3 is 2.23 bits per heavy atom. The molecule has 0 bridgehead atoms. The third-order valence-electron chi connectivity index (χ3n) is 5.77. The number of aromatic nitrogens is 1. The SMILES string of the molecule is CC(C)(C)c1ccc(CC(C(N)=O)c2ccc(F)c(F)c2)cc1.O=C(O)c1cccc2cc[nH]c12. The molecule has 0 radical (unpaired) electrons. The summed E-state index contributed by atoms with van der Waals surface area (Å²) in [6.45, 7) is 6.36. The summed E-state index contributed by atoms with van der Waals surface area (Å²) in [5, 5.41) is 9.71. The first-order valence-corrected chi connectivity index (χ1v) is 11.1. The van der Waals surface area contributed by atoms with Crippen LogP contribution in [0, 0.1) is 11.6 Å². The highest BCUT2D eigenvalue weighted by atomic mass is 19.2. The van der Waals surface area contributed by atoms with E-state index >= 15 is 0 Å². The van der Waals surface area contributed by atoms with Gasteiger partial charge in [-0.25, -0.2) is 13.6 Å². The molecule has 182 valence electrons. The number of halogens is 2. The molecule has 0 aliphatic rings. The molecule has 1 atom stereocenters. The number of carboxylic acids is 1. The van der Waals surface area contributed by atoms with Crippen molar-refractivity contribution in [3.8, 4) is 0 Å². The van der Waals surface area contributed by atoms with Crippen LogP contribution in [-0.2, 0) is 16.6 Å². The summed E-state index contributed by atoms with van der Waals surface area (Å²) in [5.41, 5.74) is 8.99. The van der Waals surface area contributed by atoms with Gasteiger partial charge in [0.25, 0.3) is 0 Å². The first-order valence-electron chi connectivity index (χ1n) is 11.1. The van der Waals surface area contributed by atoms with Crippen LogP contribution >= 0.6 is 0 Å². The third kappa shape index (κ3) is 6.32. The standard InChI is InChI=1S/C19H21F2NO.C9H7NO2/c1-19(2,3)14-7-4-12(5-8-14)10-15(18(22)23)13-6-9-16(20)17(21)11-13;11-9(12)7-3-1-2-6-4-5-10-8(6)7/h4-9,11,15H,10H2,1-3H3,(H2,22,23);1-5,10H,(H,11,12). The topological polar surface area (TPSA) is 96.2 Å². The zero-order valence-electron chi connectivity index (χ0n) is 19.8. The van der Waals surface area contributed by atoms with Crippen molar-refractivity contribution in [1.82, 2.24) is 4.98 Å². The van der Waals surface area contributed by atoms with E-state index in [4.69, 9.17) is 10.8 Å². The minimum atomic E-state index is -0.975. The number of fused-ring (bicyclic) bond motifs is 1. The lowest BCUT2D eigenvalue weighted by Crippen LogP contribution is -2.23. The Morgan fingerprint density at radius 2 is 1.66 bits per heavy atom. The number of H-pyrrole nitrogens is 1. The first-order chi connectivity index (χ1) is 16.5. The van der Waals surface area contributed by atoms with Crippen LogP contribution in [0.4, 0.5) is 8.78 Å². The van der Waals surface area contributed by atoms with Crippen LogP contribution in [0.3, 0.4) is 0 Å². The summed E-state index contributed by atoms with van der Waals surface area (Å²) < 4.78 is 26.5. The number of rotatable bonds is 5. The molecule has 1 amide bonds. The van der Waals surface area contributed by atoms with Gasteiger partial charge in [-0.1, -0.05) is 63.2 Å². The van der Waals surface area contributed by atoms with E-state index in [1.807, 2.05) is 36.4 Å². The average molecular weight is 479 g/mol. The van der Waals surface area contributed by atoms with Crippen molar-refractivity contribution in [2.24, 2.45) is 5.73 Å². The number of carbonyl (C=O) groups excluding carboxylic acids is 1. The molecule has 0 saturated carbocycles. The highest BCUT2D eigenvalue weighted by Gasteiger charge is 2.21. The second-order valence-corrected chi connectivity index (χ2v) is 9.33. The lowest BCUT2D eigenvalue weighted by molar-refractivity contribution is -0.119. The molecule has 0 aliphatic heterocycles. The molecule has 35 heavy (non-hydrogen) atoms. The molecule has 0 spiro atoms. The number of benzene rings is 3. The summed E-state index contributed by atoms with van der Waals surface area (Å²) in [5.74, 6) is -4.06. The number of nitrogens with two attached hydrogens (primary N) is 1. The monoisotopic (exact) mass is 478 g/mol. The van der Waals surface area contributed by atoms with Gasteiger partial charge in [0.1, 0.15) is 0 Å². The predicted octanol–water partition coefficient (Wildman–Crippen LogP) is 5.94. The molecule has 0 aliphatic carbocycles. The van der Waals surface area contributed by atoms with Crippen LogP contribution < -0.4 is 5.73 Å². The Balaban J connectivity index is 0.000000237. The smallest absolute Gasteiger partial charge is 0.337 e. The average Bonchev–Trinajstić information content (AvgIpc) is 3.28. The van der Waals surface area contributed by atoms with Crippen LogP contribution in [0.15, 0.2) is 72.9 Å². The first kappa shape index (κ1) is 25.6. The van der Waals surface area contributed by atoms with Crippen LogP contribution in [0.1, 0.15) is 53.7 Å². The van der Waals surface area contributed by atoms with Crippen LogP contribution in [-0.4, -0.2) is 22.0 Å². The van der Waals surface area contributed by atoms with Crippen molar-refractivity contribution in [1.29, 1.82) is 0 Å². The van der Waals surface area contributed by atoms with Gasteiger partial charge in [-0.2, -0.15) is 0 Å². The van der Waals surface area contributed by atoms with Crippen molar-refractivity contribution in [3.63, 3.8) is 0 Å². The Bertz CT molecular complexity index is 1340. The van der Waals surface area contributed by atoms with Gasteiger partial charge in [-0.05, 0) is 52.8 Å². The Kier molecular flexibility index (Phi) is 7.69. The maximum absolute atomic E-state index is 13.4. The van der Waals surface area contributed by atoms with E-state index in [1.165, 1.54) is 11.6 Å². The molecule has 4 rings (SSSR count). The molecule has 0 fully saturated rings. The lowest BCUT2D eigenvalue weighted by Gasteiger charge is -2.20. The third-order valence-corrected chi connectivity index (χ3v) is 5.77. The Hall–Kier alpha value is -4.00. The highest BCUT2D eigenvalue weighted by Crippen LogP contribution is 2.26. The number of primary amides is 1. The number of hydrogen-bond acceptors (Lipinski definition) is 2. The molecular weight excluding hydrogens is 450 g/mol. The number of aromatic carboxylic acids is 1. The van der Waals surface area contributed by atoms with Gasteiger partial charge in [0, 0.05) is 11.6 Å². The molecule has 1 heterocycles. The molecular formula is C28H28F2N2O3. The number of amides is 1. The largest absolute Gasteiger partial charge is 0.478 e. The van der Waals surface area contributed by atoms with E-state index in [2.05, 4.69) is 25.8 Å². The fourth-order valence-electron chi connectivity index (χ4n) is 3.75. The van der Waals surface area contributed by atoms with Crippen molar-refractivity contribution in [2.45, 2.75) is 38.5 Å². The van der Waals surface area contributed by atoms with Gasteiger partial charge in [0.15, 0.2) is 11.6 Å². The van der Waals surface area contributed by atoms with E-state index in [-0.39, 0.29) is 5.41 Å².